The molecule has 0 spiro atoms. The largest absolute Gasteiger partial charge is 0.394 e. The zero-order chi connectivity index (χ0) is 12.7. The number of aliphatic hydroxyl groups excluding tert-OH is 1. The Kier molecular flexibility index (Phi) is 6.94. The van der Waals surface area contributed by atoms with Crippen molar-refractivity contribution in [1.82, 2.24) is 5.32 Å². The number of hydrogen-bond donors (Lipinski definition) is 2. The molecule has 0 aromatic heterocycles. The molecule has 0 radical (unpaired) electrons. The summed E-state index contributed by atoms with van der Waals surface area (Å²) in [4.78, 5) is 0. The number of halogens is 3. The molecule has 0 rings (SSSR count). The molecule has 3 nitrogen and oxygen atoms in total. The summed E-state index contributed by atoms with van der Waals surface area (Å²) < 4.78 is 40.2. The second-order valence-corrected chi connectivity index (χ2v) is 3.98. The third-order valence-electron chi connectivity index (χ3n) is 2.28. The van der Waals surface area contributed by atoms with E-state index < -0.39 is 18.1 Å². The van der Waals surface area contributed by atoms with Crippen molar-refractivity contribution in [1.29, 1.82) is 0 Å². The van der Waals surface area contributed by atoms with Crippen LogP contribution in [0.25, 0.3) is 0 Å². The quantitative estimate of drug-likeness (QED) is 0.638. The lowest BCUT2D eigenvalue weighted by molar-refractivity contribution is -0.145. The lowest BCUT2D eigenvalue weighted by Gasteiger charge is -2.28. The fourth-order valence-corrected chi connectivity index (χ4v) is 1.24. The first kappa shape index (κ1) is 15.7. The van der Waals surface area contributed by atoms with Crippen LogP contribution < -0.4 is 5.32 Å². The Labute approximate surface area is 94.0 Å². The minimum atomic E-state index is -4.16. The molecule has 0 amide bonds. The lowest BCUT2D eigenvalue weighted by Crippen LogP contribution is -2.46. The number of rotatable bonds is 8. The molecule has 2 N–H and O–H groups in total. The van der Waals surface area contributed by atoms with E-state index in [9.17, 15) is 13.2 Å². The van der Waals surface area contributed by atoms with E-state index in [-0.39, 0.29) is 19.8 Å². The number of nitrogens with one attached hydrogen (secondary N) is 1. The molecule has 0 aromatic carbocycles. The van der Waals surface area contributed by atoms with Gasteiger partial charge >= 0.3 is 6.18 Å². The predicted molar refractivity (Wildman–Crippen MR) is 55.3 cm³/mol. The molecule has 0 bridgehead atoms. The van der Waals surface area contributed by atoms with E-state index >= 15 is 0 Å². The minimum Gasteiger partial charge on any atom is -0.394 e. The number of aliphatic hydroxyl groups is 1. The van der Waals surface area contributed by atoms with Gasteiger partial charge < -0.3 is 15.2 Å². The van der Waals surface area contributed by atoms with Gasteiger partial charge in [-0.1, -0.05) is 6.92 Å². The van der Waals surface area contributed by atoms with E-state index in [1.807, 2.05) is 13.8 Å². The predicted octanol–water partition coefficient (Wildman–Crippen LogP) is 1.71. The van der Waals surface area contributed by atoms with Crippen molar-refractivity contribution >= 4 is 0 Å². The van der Waals surface area contributed by atoms with Crippen molar-refractivity contribution in [3.63, 3.8) is 0 Å². The highest BCUT2D eigenvalue weighted by atomic mass is 19.4. The molecule has 98 valence electrons. The number of alkyl halides is 3. The Morgan fingerprint density at radius 1 is 1.19 bits per heavy atom. The van der Waals surface area contributed by atoms with Crippen LogP contribution in [0.3, 0.4) is 0 Å². The van der Waals surface area contributed by atoms with Crippen molar-refractivity contribution in [3.8, 4) is 0 Å². The van der Waals surface area contributed by atoms with Crippen LogP contribution in [0.4, 0.5) is 13.2 Å². The third-order valence-corrected chi connectivity index (χ3v) is 2.28. The molecular weight excluding hydrogens is 223 g/mol. The van der Waals surface area contributed by atoms with E-state index in [0.29, 0.717) is 13.0 Å². The normalized spacial score (nSPS) is 16.1. The standard InChI is InChI=1S/C10H20F3NO2/c1-3-14-9(2,8-15)4-6-16-7-5-10(11,12)13/h14-15H,3-8H2,1-2H3. The highest BCUT2D eigenvalue weighted by molar-refractivity contribution is 4.81. The first-order chi connectivity index (χ1) is 7.33. The highest BCUT2D eigenvalue weighted by Crippen LogP contribution is 2.19. The maximum absolute atomic E-state index is 11.8. The summed E-state index contributed by atoms with van der Waals surface area (Å²) >= 11 is 0. The average Bonchev–Trinajstić information content (AvgIpc) is 2.16. The zero-order valence-electron chi connectivity index (χ0n) is 9.73. The van der Waals surface area contributed by atoms with Crippen LogP contribution in [0.5, 0.6) is 0 Å². The second-order valence-electron chi connectivity index (χ2n) is 3.98. The number of ether oxygens (including phenoxy) is 1. The van der Waals surface area contributed by atoms with Crippen molar-refractivity contribution in [3.05, 3.63) is 0 Å². The Hall–Kier alpha value is -0.330. The Bertz CT molecular complexity index is 187. The van der Waals surface area contributed by atoms with Crippen LogP contribution in [0.15, 0.2) is 0 Å². The molecule has 1 atom stereocenters. The molecule has 0 aromatic rings. The van der Waals surface area contributed by atoms with E-state index in [2.05, 4.69) is 5.32 Å². The van der Waals surface area contributed by atoms with E-state index in [0.717, 1.165) is 0 Å². The molecule has 16 heavy (non-hydrogen) atoms. The van der Waals surface area contributed by atoms with Crippen molar-refractivity contribution in [2.75, 3.05) is 26.4 Å². The highest BCUT2D eigenvalue weighted by Gasteiger charge is 2.27. The fourth-order valence-electron chi connectivity index (χ4n) is 1.24. The van der Waals surface area contributed by atoms with Gasteiger partial charge in [0.05, 0.1) is 19.6 Å². The Morgan fingerprint density at radius 3 is 2.19 bits per heavy atom. The van der Waals surface area contributed by atoms with Gasteiger partial charge in [0.25, 0.3) is 0 Å². The maximum Gasteiger partial charge on any atom is 0.391 e. The molecular formula is C10H20F3NO2. The summed E-state index contributed by atoms with van der Waals surface area (Å²) in [6.07, 6.45) is -4.61. The number of hydrogen-bond acceptors (Lipinski definition) is 3. The van der Waals surface area contributed by atoms with Crippen molar-refractivity contribution < 1.29 is 23.0 Å². The maximum atomic E-state index is 11.8. The summed E-state index contributed by atoms with van der Waals surface area (Å²) in [5, 5.41) is 12.2. The van der Waals surface area contributed by atoms with Crippen LogP contribution in [0.1, 0.15) is 26.7 Å². The third kappa shape index (κ3) is 7.90. The molecule has 0 fully saturated rings. The first-order valence-electron chi connectivity index (χ1n) is 5.33. The topological polar surface area (TPSA) is 41.5 Å². The van der Waals surface area contributed by atoms with Gasteiger partial charge in [-0.2, -0.15) is 13.2 Å². The molecule has 1 unspecified atom stereocenters. The summed E-state index contributed by atoms with van der Waals surface area (Å²) in [5.74, 6) is 0. The SMILES string of the molecule is CCNC(C)(CO)CCOCCC(F)(F)F. The van der Waals surface area contributed by atoms with Gasteiger partial charge in [-0.3, -0.25) is 0 Å². The Morgan fingerprint density at radius 2 is 1.75 bits per heavy atom. The van der Waals surface area contributed by atoms with Crippen LogP contribution in [0.2, 0.25) is 0 Å². The van der Waals surface area contributed by atoms with E-state index in [1.54, 1.807) is 0 Å². The van der Waals surface area contributed by atoms with Crippen molar-refractivity contribution in [2.24, 2.45) is 0 Å². The molecule has 0 saturated heterocycles. The van der Waals surface area contributed by atoms with Gasteiger partial charge in [-0.05, 0) is 19.9 Å². The minimum absolute atomic E-state index is 0.0660. The molecule has 0 aliphatic carbocycles. The summed E-state index contributed by atoms with van der Waals surface area (Å²) in [6.45, 7) is 4.22. The van der Waals surface area contributed by atoms with Gasteiger partial charge in [0, 0.05) is 12.1 Å². The number of likely N-dealkylation sites (N-methyl/N-ethyl adjacent to an activating group) is 1. The van der Waals surface area contributed by atoms with Gasteiger partial charge in [0.15, 0.2) is 0 Å². The molecule has 0 aliphatic rings. The molecule has 0 aliphatic heterocycles. The smallest absolute Gasteiger partial charge is 0.391 e. The monoisotopic (exact) mass is 243 g/mol. The average molecular weight is 243 g/mol. The van der Waals surface area contributed by atoms with E-state index in [4.69, 9.17) is 9.84 Å². The van der Waals surface area contributed by atoms with Gasteiger partial charge in [0.1, 0.15) is 0 Å². The Balaban J connectivity index is 3.64. The van der Waals surface area contributed by atoms with Crippen LogP contribution >= 0.6 is 0 Å². The van der Waals surface area contributed by atoms with Crippen LogP contribution in [-0.4, -0.2) is 43.2 Å². The molecule has 0 saturated carbocycles. The first-order valence-corrected chi connectivity index (χ1v) is 5.33. The van der Waals surface area contributed by atoms with E-state index in [1.165, 1.54) is 0 Å². The molecule has 6 heteroatoms. The van der Waals surface area contributed by atoms with Crippen LogP contribution in [-0.2, 0) is 4.74 Å². The van der Waals surface area contributed by atoms with Gasteiger partial charge in [0.2, 0.25) is 0 Å². The summed E-state index contributed by atoms with van der Waals surface area (Å²) in [5.41, 5.74) is -0.479. The fraction of sp³-hybridized carbons (Fsp3) is 1.00. The summed E-state index contributed by atoms with van der Waals surface area (Å²) in [6, 6.07) is 0. The summed E-state index contributed by atoms with van der Waals surface area (Å²) in [7, 11) is 0. The second kappa shape index (κ2) is 7.09. The lowest BCUT2D eigenvalue weighted by atomic mass is 10.00. The van der Waals surface area contributed by atoms with Crippen LogP contribution in [0, 0.1) is 0 Å². The zero-order valence-corrected chi connectivity index (χ0v) is 9.73. The molecule has 0 heterocycles. The van der Waals surface area contributed by atoms with Gasteiger partial charge in [-0.15, -0.1) is 0 Å². The van der Waals surface area contributed by atoms with Gasteiger partial charge in [-0.25, -0.2) is 0 Å². The van der Waals surface area contributed by atoms with Crippen molar-refractivity contribution in [2.45, 2.75) is 38.4 Å².